The lowest BCUT2D eigenvalue weighted by Crippen LogP contribution is -2.31. The average molecular weight is 201 g/mol. The molecule has 1 aliphatic heterocycles. The summed E-state index contributed by atoms with van der Waals surface area (Å²) in [6.07, 6.45) is 1.18. The molecule has 1 fully saturated rings. The summed E-state index contributed by atoms with van der Waals surface area (Å²) in [5.41, 5.74) is 5.72. The molecule has 0 bridgehead atoms. The number of halogens is 2. The van der Waals surface area contributed by atoms with Crippen molar-refractivity contribution in [2.75, 3.05) is 13.1 Å². The van der Waals surface area contributed by atoms with Crippen LogP contribution in [0.3, 0.4) is 0 Å². The number of likely N-dealkylation sites (tertiary alicyclic amines) is 1. The molecule has 1 rings (SSSR count). The molecular weight excluding hydrogens is 183 g/mol. The van der Waals surface area contributed by atoms with Gasteiger partial charge in [0.15, 0.2) is 0 Å². The molecule has 0 radical (unpaired) electrons. The lowest BCUT2D eigenvalue weighted by Gasteiger charge is -2.19. The fourth-order valence-electron chi connectivity index (χ4n) is 1.28. The molecule has 0 spiro atoms. The first-order chi connectivity index (χ1) is 4.20. The van der Waals surface area contributed by atoms with E-state index in [0.29, 0.717) is 12.1 Å². The van der Waals surface area contributed by atoms with Gasteiger partial charge in [-0.1, -0.05) is 0 Å². The van der Waals surface area contributed by atoms with E-state index in [0.717, 1.165) is 6.54 Å². The first-order valence-corrected chi connectivity index (χ1v) is 3.70. The van der Waals surface area contributed by atoms with Crippen LogP contribution in [0.2, 0.25) is 0 Å². The molecule has 2 nitrogen and oxygen atoms in total. The summed E-state index contributed by atoms with van der Waals surface area (Å²) in [4.78, 5) is 2.42. The molecule has 0 saturated carbocycles. The van der Waals surface area contributed by atoms with Crippen molar-refractivity contribution in [2.45, 2.75) is 32.4 Å². The van der Waals surface area contributed by atoms with Gasteiger partial charge in [-0.15, -0.1) is 24.8 Å². The highest BCUT2D eigenvalue weighted by atomic mass is 35.5. The van der Waals surface area contributed by atoms with Crippen LogP contribution < -0.4 is 5.73 Å². The number of hydrogen-bond donors (Lipinski definition) is 1. The van der Waals surface area contributed by atoms with Crippen molar-refractivity contribution in [3.63, 3.8) is 0 Å². The van der Waals surface area contributed by atoms with Crippen molar-refractivity contribution >= 4 is 24.8 Å². The van der Waals surface area contributed by atoms with Crippen LogP contribution in [-0.2, 0) is 0 Å². The van der Waals surface area contributed by atoms with Crippen molar-refractivity contribution in [1.82, 2.24) is 4.90 Å². The minimum absolute atomic E-state index is 0. The third-order valence-electron chi connectivity index (χ3n) is 1.99. The van der Waals surface area contributed by atoms with E-state index in [1.807, 2.05) is 0 Å². The van der Waals surface area contributed by atoms with Crippen molar-refractivity contribution in [1.29, 1.82) is 0 Å². The maximum absolute atomic E-state index is 5.72. The molecule has 0 aromatic rings. The fraction of sp³-hybridized carbons (Fsp3) is 1.00. The largest absolute Gasteiger partial charge is 0.326 e. The highest BCUT2D eigenvalue weighted by Gasteiger charge is 2.20. The van der Waals surface area contributed by atoms with Crippen LogP contribution in [0.4, 0.5) is 0 Å². The highest BCUT2D eigenvalue weighted by Crippen LogP contribution is 2.09. The summed E-state index contributed by atoms with van der Waals surface area (Å²) < 4.78 is 0. The molecule has 1 saturated heterocycles. The zero-order chi connectivity index (χ0) is 6.85. The van der Waals surface area contributed by atoms with Gasteiger partial charge in [-0.2, -0.15) is 0 Å². The van der Waals surface area contributed by atoms with E-state index in [9.17, 15) is 0 Å². The molecule has 0 aliphatic carbocycles. The minimum atomic E-state index is 0. The molecule has 1 heterocycles. The van der Waals surface area contributed by atoms with E-state index in [-0.39, 0.29) is 24.8 Å². The Morgan fingerprint density at radius 1 is 1.36 bits per heavy atom. The molecule has 70 valence electrons. The van der Waals surface area contributed by atoms with Gasteiger partial charge < -0.3 is 5.73 Å². The zero-order valence-corrected chi connectivity index (χ0v) is 8.75. The fourth-order valence-corrected chi connectivity index (χ4v) is 1.28. The van der Waals surface area contributed by atoms with Crippen LogP contribution >= 0.6 is 24.8 Å². The first kappa shape index (κ1) is 14.0. The Bertz CT molecular complexity index is 98.4. The van der Waals surface area contributed by atoms with Crippen LogP contribution in [0.1, 0.15) is 20.3 Å². The van der Waals surface area contributed by atoms with Gasteiger partial charge in [0.05, 0.1) is 0 Å². The minimum Gasteiger partial charge on any atom is -0.326 e. The molecule has 0 unspecified atom stereocenters. The standard InChI is InChI=1S/C7H16N2.2ClH/c1-6(2)9-4-3-7(8)5-9;;/h6-7H,3-5,8H2,1-2H3;2*1H/t7-;;/m0../s1. The van der Waals surface area contributed by atoms with Gasteiger partial charge in [-0.05, 0) is 26.8 Å². The topological polar surface area (TPSA) is 29.3 Å². The Labute approximate surface area is 81.3 Å². The van der Waals surface area contributed by atoms with Gasteiger partial charge >= 0.3 is 0 Å². The predicted molar refractivity (Wildman–Crippen MR) is 53.8 cm³/mol. The number of rotatable bonds is 1. The maximum Gasteiger partial charge on any atom is 0.0180 e. The molecule has 4 heteroatoms. The van der Waals surface area contributed by atoms with Gasteiger partial charge in [-0.3, -0.25) is 4.90 Å². The van der Waals surface area contributed by atoms with Crippen LogP contribution in [0.15, 0.2) is 0 Å². The molecular formula is C7H18Cl2N2. The number of nitrogens with zero attached hydrogens (tertiary/aromatic N) is 1. The van der Waals surface area contributed by atoms with E-state index < -0.39 is 0 Å². The number of hydrogen-bond acceptors (Lipinski definition) is 2. The summed E-state index contributed by atoms with van der Waals surface area (Å²) in [6.45, 7) is 6.73. The normalized spacial score (nSPS) is 24.5. The molecule has 1 atom stereocenters. The highest BCUT2D eigenvalue weighted by molar-refractivity contribution is 5.85. The third kappa shape index (κ3) is 4.16. The summed E-state index contributed by atoms with van der Waals surface area (Å²) in [7, 11) is 0. The molecule has 11 heavy (non-hydrogen) atoms. The Morgan fingerprint density at radius 2 is 1.91 bits per heavy atom. The van der Waals surface area contributed by atoms with Crippen LogP contribution in [0, 0.1) is 0 Å². The van der Waals surface area contributed by atoms with Crippen LogP contribution in [0.5, 0.6) is 0 Å². The van der Waals surface area contributed by atoms with E-state index in [1.54, 1.807) is 0 Å². The van der Waals surface area contributed by atoms with E-state index in [1.165, 1.54) is 13.0 Å². The monoisotopic (exact) mass is 200 g/mol. The number of nitrogens with two attached hydrogens (primary N) is 1. The summed E-state index contributed by atoms with van der Waals surface area (Å²) in [6, 6.07) is 1.12. The molecule has 0 amide bonds. The van der Waals surface area contributed by atoms with E-state index in [2.05, 4.69) is 18.7 Å². The van der Waals surface area contributed by atoms with Gasteiger partial charge in [0.2, 0.25) is 0 Å². The second-order valence-electron chi connectivity index (χ2n) is 3.14. The summed E-state index contributed by atoms with van der Waals surface area (Å²) in [5.74, 6) is 0. The Balaban J connectivity index is 0. The van der Waals surface area contributed by atoms with Crippen molar-refractivity contribution in [3.8, 4) is 0 Å². The van der Waals surface area contributed by atoms with Gasteiger partial charge in [0, 0.05) is 18.6 Å². The smallest absolute Gasteiger partial charge is 0.0180 e. The SMILES string of the molecule is CC(C)N1CC[C@H](N)C1.Cl.Cl. The molecule has 2 N–H and O–H groups in total. The van der Waals surface area contributed by atoms with E-state index in [4.69, 9.17) is 5.73 Å². The lowest BCUT2D eigenvalue weighted by atomic mass is 10.3. The quantitative estimate of drug-likeness (QED) is 0.692. The molecule has 1 aliphatic rings. The predicted octanol–water partition coefficient (Wildman–Crippen LogP) is 1.27. The second-order valence-corrected chi connectivity index (χ2v) is 3.14. The van der Waals surface area contributed by atoms with Crippen molar-refractivity contribution in [2.24, 2.45) is 5.73 Å². The Morgan fingerprint density at radius 3 is 2.09 bits per heavy atom. The third-order valence-corrected chi connectivity index (χ3v) is 1.99. The van der Waals surface area contributed by atoms with Crippen LogP contribution in [0.25, 0.3) is 0 Å². The van der Waals surface area contributed by atoms with Crippen molar-refractivity contribution in [3.05, 3.63) is 0 Å². The molecule has 0 aromatic carbocycles. The average Bonchev–Trinajstić information content (AvgIpc) is 2.14. The summed E-state index contributed by atoms with van der Waals surface area (Å²) >= 11 is 0. The summed E-state index contributed by atoms with van der Waals surface area (Å²) in [5, 5.41) is 0. The second kappa shape index (κ2) is 6.06. The maximum atomic E-state index is 5.72. The van der Waals surface area contributed by atoms with E-state index >= 15 is 0 Å². The van der Waals surface area contributed by atoms with Crippen molar-refractivity contribution < 1.29 is 0 Å². The first-order valence-electron chi connectivity index (χ1n) is 3.70. The Hall–Kier alpha value is 0.500. The van der Waals surface area contributed by atoms with Gasteiger partial charge in [0.1, 0.15) is 0 Å². The Kier molecular flexibility index (Phi) is 7.75. The van der Waals surface area contributed by atoms with Gasteiger partial charge in [-0.25, -0.2) is 0 Å². The van der Waals surface area contributed by atoms with Crippen LogP contribution in [-0.4, -0.2) is 30.1 Å². The van der Waals surface area contributed by atoms with Gasteiger partial charge in [0.25, 0.3) is 0 Å². The molecule has 0 aromatic heterocycles. The zero-order valence-electron chi connectivity index (χ0n) is 7.12. The lowest BCUT2D eigenvalue weighted by molar-refractivity contribution is 0.272.